The van der Waals surface area contributed by atoms with Gasteiger partial charge in [-0.3, -0.25) is 0 Å². The minimum atomic E-state index is 0.587. The summed E-state index contributed by atoms with van der Waals surface area (Å²) in [6, 6.07) is 0. The molecule has 0 aliphatic heterocycles. The summed E-state index contributed by atoms with van der Waals surface area (Å²) < 4.78 is 26.8. The molecule has 0 atom stereocenters. The molecule has 0 rings (SSSR count). The standard InChI is InChI=1S/C15H33NO5/c1-15(2)3-5-17-7-9-19-11-13-21-14-12-20-10-8-18-6-4-16/h15H,3-14,16H2,1-2H3/p+1. The van der Waals surface area contributed by atoms with E-state index in [1.807, 2.05) is 0 Å². The van der Waals surface area contributed by atoms with E-state index in [-0.39, 0.29) is 0 Å². The topological polar surface area (TPSA) is 73.8 Å². The average molecular weight is 308 g/mol. The molecule has 21 heavy (non-hydrogen) atoms. The number of hydrogen-bond donors (Lipinski definition) is 1. The third kappa shape index (κ3) is 19.8. The fourth-order valence-corrected chi connectivity index (χ4v) is 1.40. The van der Waals surface area contributed by atoms with Gasteiger partial charge in [0.05, 0.1) is 66.0 Å². The Balaban J connectivity index is 2.93. The molecule has 128 valence electrons. The lowest BCUT2D eigenvalue weighted by Crippen LogP contribution is -2.52. The fourth-order valence-electron chi connectivity index (χ4n) is 1.40. The Morgan fingerprint density at radius 3 is 1.24 bits per heavy atom. The summed E-state index contributed by atoms with van der Waals surface area (Å²) in [7, 11) is 0. The van der Waals surface area contributed by atoms with Crippen molar-refractivity contribution in [2.75, 3.05) is 72.6 Å². The van der Waals surface area contributed by atoms with Crippen molar-refractivity contribution < 1.29 is 29.4 Å². The zero-order valence-corrected chi connectivity index (χ0v) is 13.8. The third-order valence-corrected chi connectivity index (χ3v) is 2.62. The molecule has 6 nitrogen and oxygen atoms in total. The normalized spacial score (nSPS) is 11.4. The highest BCUT2D eigenvalue weighted by Crippen LogP contribution is 1.98. The number of hydrogen-bond acceptors (Lipinski definition) is 5. The van der Waals surface area contributed by atoms with Crippen LogP contribution in [0.25, 0.3) is 0 Å². The van der Waals surface area contributed by atoms with E-state index < -0.39 is 0 Å². The first kappa shape index (κ1) is 20.8. The van der Waals surface area contributed by atoms with E-state index in [0.29, 0.717) is 65.4 Å². The van der Waals surface area contributed by atoms with Gasteiger partial charge in [-0.15, -0.1) is 0 Å². The smallest absolute Gasteiger partial charge is 0.0977 e. The average Bonchev–Trinajstić information content (AvgIpc) is 2.46. The minimum absolute atomic E-state index is 0.587. The van der Waals surface area contributed by atoms with Crippen LogP contribution in [-0.2, 0) is 23.7 Å². The van der Waals surface area contributed by atoms with Gasteiger partial charge in [0.25, 0.3) is 0 Å². The van der Waals surface area contributed by atoms with Crippen LogP contribution in [0.4, 0.5) is 0 Å². The summed E-state index contributed by atoms with van der Waals surface area (Å²) in [5.74, 6) is 0.691. The van der Waals surface area contributed by atoms with E-state index in [0.717, 1.165) is 19.6 Å². The number of rotatable bonds is 17. The van der Waals surface area contributed by atoms with Crippen LogP contribution in [0.1, 0.15) is 20.3 Å². The van der Waals surface area contributed by atoms with E-state index in [4.69, 9.17) is 23.7 Å². The summed E-state index contributed by atoms with van der Waals surface area (Å²) in [4.78, 5) is 0. The monoisotopic (exact) mass is 308 g/mol. The second kappa shape index (κ2) is 17.8. The Labute approximate surface area is 129 Å². The van der Waals surface area contributed by atoms with Gasteiger partial charge in [-0.05, 0) is 12.3 Å². The van der Waals surface area contributed by atoms with Crippen LogP contribution < -0.4 is 5.73 Å². The van der Waals surface area contributed by atoms with Gasteiger partial charge in [-0.25, -0.2) is 0 Å². The van der Waals surface area contributed by atoms with Gasteiger partial charge < -0.3 is 29.4 Å². The van der Waals surface area contributed by atoms with Gasteiger partial charge in [-0.1, -0.05) is 13.8 Å². The van der Waals surface area contributed by atoms with Crippen molar-refractivity contribution in [1.29, 1.82) is 0 Å². The van der Waals surface area contributed by atoms with Gasteiger partial charge in [0, 0.05) is 6.61 Å². The Hall–Kier alpha value is -0.240. The fraction of sp³-hybridized carbons (Fsp3) is 1.00. The summed E-state index contributed by atoms with van der Waals surface area (Å²) in [5, 5.41) is 0. The molecule has 6 heteroatoms. The third-order valence-electron chi connectivity index (χ3n) is 2.62. The van der Waals surface area contributed by atoms with Crippen LogP contribution in [0.5, 0.6) is 0 Å². The molecule has 0 aromatic carbocycles. The second-order valence-corrected chi connectivity index (χ2v) is 5.10. The molecule has 0 aromatic rings. The molecule has 0 amide bonds. The van der Waals surface area contributed by atoms with E-state index >= 15 is 0 Å². The molecule has 0 aliphatic carbocycles. The predicted molar refractivity (Wildman–Crippen MR) is 81.3 cm³/mol. The first-order chi connectivity index (χ1) is 10.3. The summed E-state index contributed by atoms with van der Waals surface area (Å²) in [6.45, 7) is 11.6. The molecule has 0 aromatic heterocycles. The maximum Gasteiger partial charge on any atom is 0.0977 e. The predicted octanol–water partition coefficient (Wildman–Crippen LogP) is 0.357. The van der Waals surface area contributed by atoms with Crippen LogP contribution in [0, 0.1) is 5.92 Å². The van der Waals surface area contributed by atoms with Gasteiger partial charge in [0.15, 0.2) is 0 Å². The molecule has 0 saturated carbocycles. The summed E-state index contributed by atoms with van der Waals surface area (Å²) >= 11 is 0. The summed E-state index contributed by atoms with van der Waals surface area (Å²) in [6.07, 6.45) is 1.10. The van der Waals surface area contributed by atoms with E-state index in [2.05, 4.69) is 19.6 Å². The zero-order valence-electron chi connectivity index (χ0n) is 13.8. The van der Waals surface area contributed by atoms with Crippen molar-refractivity contribution in [3.63, 3.8) is 0 Å². The van der Waals surface area contributed by atoms with E-state index in [1.54, 1.807) is 0 Å². The Morgan fingerprint density at radius 1 is 0.571 bits per heavy atom. The maximum atomic E-state index is 5.44. The van der Waals surface area contributed by atoms with Crippen molar-refractivity contribution >= 4 is 0 Å². The minimum Gasteiger partial charge on any atom is -0.379 e. The van der Waals surface area contributed by atoms with Crippen molar-refractivity contribution in [1.82, 2.24) is 0 Å². The first-order valence-electron chi connectivity index (χ1n) is 7.95. The van der Waals surface area contributed by atoms with Crippen molar-refractivity contribution in [2.24, 2.45) is 5.92 Å². The molecule has 0 bridgehead atoms. The molecular formula is C15H34NO5+. The lowest BCUT2D eigenvalue weighted by Gasteiger charge is -2.08. The Kier molecular flexibility index (Phi) is 17.6. The highest BCUT2D eigenvalue weighted by Gasteiger charge is 1.95. The molecular weight excluding hydrogens is 274 g/mol. The first-order valence-corrected chi connectivity index (χ1v) is 7.95. The van der Waals surface area contributed by atoms with Crippen LogP contribution in [0.15, 0.2) is 0 Å². The molecule has 0 spiro atoms. The van der Waals surface area contributed by atoms with Gasteiger partial charge in [0.2, 0.25) is 0 Å². The highest BCUT2D eigenvalue weighted by molar-refractivity contribution is 4.42. The second-order valence-electron chi connectivity index (χ2n) is 5.10. The molecule has 3 N–H and O–H groups in total. The molecule has 0 aliphatic rings. The van der Waals surface area contributed by atoms with Gasteiger partial charge >= 0.3 is 0 Å². The molecule has 0 fully saturated rings. The number of quaternary nitrogens is 1. The van der Waals surface area contributed by atoms with Crippen molar-refractivity contribution in [3.8, 4) is 0 Å². The quantitative estimate of drug-likeness (QED) is 0.393. The lowest BCUT2D eigenvalue weighted by atomic mass is 10.1. The Morgan fingerprint density at radius 2 is 0.905 bits per heavy atom. The maximum absolute atomic E-state index is 5.44. The van der Waals surface area contributed by atoms with Crippen LogP contribution >= 0.6 is 0 Å². The van der Waals surface area contributed by atoms with Crippen LogP contribution in [0.3, 0.4) is 0 Å². The van der Waals surface area contributed by atoms with Crippen LogP contribution in [-0.4, -0.2) is 72.6 Å². The highest BCUT2D eigenvalue weighted by atomic mass is 16.6. The number of ether oxygens (including phenoxy) is 5. The summed E-state index contributed by atoms with van der Waals surface area (Å²) in [5.41, 5.74) is 3.69. The molecule has 0 heterocycles. The molecule has 0 unspecified atom stereocenters. The molecule has 0 saturated heterocycles. The van der Waals surface area contributed by atoms with Crippen molar-refractivity contribution in [3.05, 3.63) is 0 Å². The van der Waals surface area contributed by atoms with Crippen LogP contribution in [0.2, 0.25) is 0 Å². The van der Waals surface area contributed by atoms with Gasteiger partial charge in [-0.2, -0.15) is 0 Å². The van der Waals surface area contributed by atoms with E-state index in [1.165, 1.54) is 0 Å². The lowest BCUT2D eigenvalue weighted by molar-refractivity contribution is -0.374. The van der Waals surface area contributed by atoms with Gasteiger partial charge in [0.1, 0.15) is 0 Å². The largest absolute Gasteiger partial charge is 0.379 e. The molecule has 0 radical (unpaired) electrons. The van der Waals surface area contributed by atoms with E-state index in [9.17, 15) is 0 Å². The van der Waals surface area contributed by atoms with Crippen molar-refractivity contribution in [2.45, 2.75) is 20.3 Å². The zero-order chi connectivity index (χ0) is 15.6. The SMILES string of the molecule is CC(C)CCOCCOCCOCCOCCOCC[NH3+]. The Bertz CT molecular complexity index is 193.